The van der Waals surface area contributed by atoms with Crippen molar-refractivity contribution in [2.45, 2.75) is 43.5 Å². The molecule has 22 heavy (non-hydrogen) atoms. The van der Waals surface area contributed by atoms with Gasteiger partial charge >= 0.3 is 0 Å². The van der Waals surface area contributed by atoms with E-state index in [1.54, 1.807) is 6.07 Å². The first-order valence-electron chi connectivity index (χ1n) is 7.61. The van der Waals surface area contributed by atoms with Crippen LogP contribution in [0.1, 0.15) is 31.2 Å². The van der Waals surface area contributed by atoms with E-state index in [9.17, 15) is 8.42 Å². The van der Waals surface area contributed by atoms with Gasteiger partial charge in [-0.2, -0.15) is 0 Å². The second-order valence-corrected chi connectivity index (χ2v) is 8.98. The summed E-state index contributed by atoms with van der Waals surface area (Å²) in [6.45, 7) is 2.52. The number of rotatable bonds is 5. The SMILES string of the molecule is O=S(=O)(NC1CCN(Cc2ccc(Cl)cc2Cl)CC1)C1CC1. The molecule has 2 fully saturated rings. The minimum Gasteiger partial charge on any atom is -0.299 e. The molecule has 1 heterocycles. The van der Waals surface area contributed by atoms with E-state index in [-0.39, 0.29) is 11.3 Å². The van der Waals surface area contributed by atoms with Gasteiger partial charge in [-0.05, 0) is 43.4 Å². The lowest BCUT2D eigenvalue weighted by atomic mass is 10.1. The van der Waals surface area contributed by atoms with Crippen molar-refractivity contribution in [1.29, 1.82) is 0 Å². The number of nitrogens with one attached hydrogen (secondary N) is 1. The van der Waals surface area contributed by atoms with Crippen LogP contribution in [-0.4, -0.2) is 37.7 Å². The standard InChI is InChI=1S/C15H20Cl2N2O2S/c16-12-2-1-11(15(17)9-12)10-19-7-5-13(6-8-19)18-22(20,21)14-3-4-14/h1-2,9,13-14,18H,3-8,10H2. The summed E-state index contributed by atoms with van der Waals surface area (Å²) >= 11 is 12.1. The Morgan fingerprint density at radius 1 is 1.14 bits per heavy atom. The summed E-state index contributed by atoms with van der Waals surface area (Å²) in [6, 6.07) is 5.63. The third kappa shape index (κ3) is 4.15. The van der Waals surface area contributed by atoms with Crippen LogP contribution in [-0.2, 0) is 16.6 Å². The van der Waals surface area contributed by atoms with Gasteiger partial charge in [-0.3, -0.25) is 4.90 Å². The number of likely N-dealkylation sites (tertiary alicyclic amines) is 1. The number of piperidine rings is 1. The van der Waals surface area contributed by atoms with Gasteiger partial charge in [0.1, 0.15) is 0 Å². The molecule has 1 saturated heterocycles. The third-order valence-corrected chi connectivity index (χ3v) is 6.89. The highest BCUT2D eigenvalue weighted by molar-refractivity contribution is 7.90. The predicted octanol–water partition coefficient (Wildman–Crippen LogP) is 3.04. The summed E-state index contributed by atoms with van der Waals surface area (Å²) in [5, 5.41) is 1.18. The first-order valence-corrected chi connectivity index (χ1v) is 9.92. The zero-order valence-electron chi connectivity index (χ0n) is 12.3. The van der Waals surface area contributed by atoms with E-state index in [0.29, 0.717) is 10.0 Å². The molecule has 122 valence electrons. The molecule has 2 aliphatic rings. The van der Waals surface area contributed by atoms with E-state index in [1.807, 2.05) is 12.1 Å². The molecule has 0 aromatic heterocycles. The van der Waals surface area contributed by atoms with Crippen LogP contribution < -0.4 is 4.72 Å². The van der Waals surface area contributed by atoms with Crippen LogP contribution in [0.15, 0.2) is 18.2 Å². The van der Waals surface area contributed by atoms with Crippen molar-refractivity contribution < 1.29 is 8.42 Å². The summed E-state index contributed by atoms with van der Waals surface area (Å²) in [7, 11) is -3.08. The lowest BCUT2D eigenvalue weighted by Gasteiger charge is -2.32. The van der Waals surface area contributed by atoms with Crippen molar-refractivity contribution in [3.8, 4) is 0 Å². The molecule has 1 aromatic rings. The average molecular weight is 363 g/mol. The van der Waals surface area contributed by atoms with Gasteiger partial charge in [0.2, 0.25) is 10.0 Å². The van der Waals surface area contributed by atoms with Gasteiger partial charge in [0.15, 0.2) is 0 Å². The van der Waals surface area contributed by atoms with Crippen LogP contribution in [0.2, 0.25) is 10.0 Å². The van der Waals surface area contributed by atoms with E-state index >= 15 is 0 Å². The Balaban J connectivity index is 1.51. The highest BCUT2D eigenvalue weighted by Gasteiger charge is 2.37. The summed E-state index contributed by atoms with van der Waals surface area (Å²) in [4.78, 5) is 2.30. The van der Waals surface area contributed by atoms with Crippen molar-refractivity contribution in [3.05, 3.63) is 33.8 Å². The Bertz CT molecular complexity index is 639. The topological polar surface area (TPSA) is 49.4 Å². The first-order chi connectivity index (χ1) is 10.4. The fourth-order valence-electron chi connectivity index (χ4n) is 2.81. The minimum absolute atomic E-state index is 0.0718. The van der Waals surface area contributed by atoms with Gasteiger partial charge in [0.05, 0.1) is 5.25 Å². The van der Waals surface area contributed by atoms with E-state index < -0.39 is 10.0 Å². The lowest BCUT2D eigenvalue weighted by Crippen LogP contribution is -2.45. The van der Waals surface area contributed by atoms with E-state index in [4.69, 9.17) is 23.2 Å². The first kappa shape index (κ1) is 16.5. The fraction of sp³-hybridized carbons (Fsp3) is 0.600. The Hall–Kier alpha value is -0.330. The lowest BCUT2D eigenvalue weighted by molar-refractivity contribution is 0.200. The maximum atomic E-state index is 12.0. The van der Waals surface area contributed by atoms with Crippen LogP contribution in [0.4, 0.5) is 0 Å². The molecular weight excluding hydrogens is 343 g/mol. The average Bonchev–Trinajstić information content (AvgIpc) is 3.28. The molecule has 1 aliphatic carbocycles. The zero-order valence-corrected chi connectivity index (χ0v) is 14.6. The van der Waals surface area contributed by atoms with Gasteiger partial charge in [-0.1, -0.05) is 29.3 Å². The number of hydrogen-bond acceptors (Lipinski definition) is 3. The number of benzene rings is 1. The van der Waals surface area contributed by atoms with Crippen LogP contribution in [0.5, 0.6) is 0 Å². The smallest absolute Gasteiger partial charge is 0.214 e. The second-order valence-electron chi connectivity index (χ2n) is 6.15. The van der Waals surface area contributed by atoms with Crippen molar-refractivity contribution in [2.75, 3.05) is 13.1 Å². The number of sulfonamides is 1. The Morgan fingerprint density at radius 3 is 2.41 bits per heavy atom. The molecule has 0 atom stereocenters. The quantitative estimate of drug-likeness (QED) is 0.875. The van der Waals surface area contributed by atoms with Gasteiger partial charge in [0.25, 0.3) is 0 Å². The Labute approximate surface area is 141 Å². The normalized spacial score (nSPS) is 21.2. The molecule has 1 saturated carbocycles. The largest absolute Gasteiger partial charge is 0.299 e. The predicted molar refractivity (Wildman–Crippen MR) is 89.8 cm³/mol. The number of nitrogens with zero attached hydrogens (tertiary/aromatic N) is 1. The van der Waals surface area contributed by atoms with Gasteiger partial charge in [-0.25, -0.2) is 13.1 Å². The molecule has 1 N–H and O–H groups in total. The van der Waals surface area contributed by atoms with E-state index in [0.717, 1.165) is 50.9 Å². The summed E-state index contributed by atoms with van der Waals surface area (Å²) in [6.07, 6.45) is 3.31. The van der Waals surface area contributed by atoms with Crippen molar-refractivity contribution in [1.82, 2.24) is 9.62 Å². The molecule has 1 aliphatic heterocycles. The third-order valence-electron chi connectivity index (χ3n) is 4.29. The number of hydrogen-bond donors (Lipinski definition) is 1. The van der Waals surface area contributed by atoms with Crippen LogP contribution in [0.25, 0.3) is 0 Å². The van der Waals surface area contributed by atoms with E-state index in [1.165, 1.54) is 0 Å². The summed E-state index contributed by atoms with van der Waals surface area (Å²) < 4.78 is 26.8. The molecule has 0 spiro atoms. The maximum absolute atomic E-state index is 12.0. The Morgan fingerprint density at radius 2 is 1.82 bits per heavy atom. The maximum Gasteiger partial charge on any atom is 0.214 e. The molecule has 7 heteroatoms. The second kappa shape index (κ2) is 6.65. The molecule has 4 nitrogen and oxygen atoms in total. The highest BCUT2D eigenvalue weighted by Crippen LogP contribution is 2.29. The van der Waals surface area contributed by atoms with Crippen molar-refractivity contribution in [2.24, 2.45) is 0 Å². The highest BCUT2D eigenvalue weighted by atomic mass is 35.5. The van der Waals surface area contributed by atoms with Crippen LogP contribution in [0, 0.1) is 0 Å². The molecule has 3 rings (SSSR count). The molecule has 0 radical (unpaired) electrons. The summed E-state index contributed by atoms with van der Waals surface area (Å²) in [5.41, 5.74) is 1.06. The van der Waals surface area contributed by atoms with Gasteiger partial charge in [0, 0.05) is 35.7 Å². The van der Waals surface area contributed by atoms with Gasteiger partial charge < -0.3 is 0 Å². The molecule has 0 unspecified atom stereocenters. The van der Waals surface area contributed by atoms with Gasteiger partial charge in [-0.15, -0.1) is 0 Å². The monoisotopic (exact) mass is 362 g/mol. The molecule has 0 bridgehead atoms. The molecule has 0 amide bonds. The van der Waals surface area contributed by atoms with Crippen LogP contribution >= 0.6 is 23.2 Å². The minimum atomic E-state index is -3.08. The molecule has 1 aromatic carbocycles. The fourth-order valence-corrected chi connectivity index (χ4v) is 4.92. The van der Waals surface area contributed by atoms with E-state index in [2.05, 4.69) is 9.62 Å². The van der Waals surface area contributed by atoms with Crippen molar-refractivity contribution in [3.63, 3.8) is 0 Å². The molecular formula is C15H20Cl2N2O2S. The van der Waals surface area contributed by atoms with Crippen molar-refractivity contribution >= 4 is 33.2 Å². The Kier molecular flexibility index (Phi) is 5.00. The summed E-state index contributed by atoms with van der Waals surface area (Å²) in [5.74, 6) is 0. The zero-order chi connectivity index (χ0) is 15.7. The van der Waals surface area contributed by atoms with Crippen LogP contribution in [0.3, 0.4) is 0 Å². The number of halogens is 2.